The first kappa shape index (κ1) is 17.7. The molecule has 2 atom stereocenters. The zero-order valence-electron chi connectivity index (χ0n) is 16.8. The predicted molar refractivity (Wildman–Crippen MR) is 115 cm³/mol. The number of aryl methyl sites for hydroxylation is 1. The summed E-state index contributed by atoms with van der Waals surface area (Å²) in [5.74, 6) is 1.10. The van der Waals surface area contributed by atoms with Crippen LogP contribution in [-0.2, 0) is 4.74 Å². The summed E-state index contributed by atoms with van der Waals surface area (Å²) in [6.45, 7) is 4.76. The van der Waals surface area contributed by atoms with Crippen molar-refractivity contribution < 1.29 is 9.53 Å². The molecule has 3 aliphatic heterocycles. The highest BCUT2D eigenvalue weighted by Gasteiger charge is 2.30. The number of nitrogens with one attached hydrogen (secondary N) is 2. The number of nitrogens with zero attached hydrogens (tertiary/aromatic N) is 3. The van der Waals surface area contributed by atoms with Crippen LogP contribution >= 0.6 is 0 Å². The summed E-state index contributed by atoms with van der Waals surface area (Å²) in [5.41, 5.74) is 6.25. The normalized spacial score (nSPS) is 23.9. The number of ether oxygens (including phenoxy) is 1. The predicted octanol–water partition coefficient (Wildman–Crippen LogP) is 2.93. The molecule has 0 radical (unpaired) electrons. The smallest absolute Gasteiger partial charge is 0.253 e. The van der Waals surface area contributed by atoms with Crippen molar-refractivity contribution in [3.8, 4) is 11.3 Å². The molecule has 1 fully saturated rings. The van der Waals surface area contributed by atoms with Crippen molar-refractivity contribution in [3.63, 3.8) is 0 Å². The van der Waals surface area contributed by atoms with E-state index in [-0.39, 0.29) is 17.9 Å². The number of carbonyl (C=O) groups excluding carboxylic acids is 1. The lowest BCUT2D eigenvalue weighted by molar-refractivity contribution is 0.0940. The van der Waals surface area contributed by atoms with Crippen molar-refractivity contribution in [1.82, 2.24) is 20.3 Å². The van der Waals surface area contributed by atoms with Crippen molar-refractivity contribution in [3.05, 3.63) is 53.4 Å². The Morgan fingerprint density at radius 1 is 1.23 bits per heavy atom. The summed E-state index contributed by atoms with van der Waals surface area (Å²) in [7, 11) is 0. The van der Waals surface area contributed by atoms with Gasteiger partial charge < -0.3 is 19.9 Å². The number of aromatic amines is 1. The number of amides is 1. The number of fused-ring (bicyclic) bond motifs is 5. The average Bonchev–Trinajstić information content (AvgIpc) is 3.21. The fraction of sp³-hybridized carbons (Fsp3) is 0.348. The molecule has 4 bridgehead atoms. The Morgan fingerprint density at radius 3 is 3.10 bits per heavy atom. The second kappa shape index (κ2) is 6.67. The maximum atomic E-state index is 12.5. The molecule has 0 unspecified atom stereocenters. The molecule has 7 nitrogen and oxygen atoms in total. The number of benzene rings is 1. The number of para-hydroxylation sites is 1. The third-order valence-corrected chi connectivity index (χ3v) is 6.36. The van der Waals surface area contributed by atoms with Gasteiger partial charge in [-0.3, -0.25) is 4.79 Å². The number of anilines is 1. The molecular formula is C23H23N5O2. The van der Waals surface area contributed by atoms with Gasteiger partial charge >= 0.3 is 0 Å². The van der Waals surface area contributed by atoms with E-state index in [2.05, 4.69) is 33.4 Å². The van der Waals surface area contributed by atoms with Gasteiger partial charge in [-0.1, -0.05) is 24.3 Å². The zero-order chi connectivity index (χ0) is 20.2. The molecular weight excluding hydrogens is 378 g/mol. The molecule has 1 saturated heterocycles. The first-order valence-electron chi connectivity index (χ1n) is 10.5. The third-order valence-electron chi connectivity index (χ3n) is 6.36. The molecule has 2 aromatic heterocycles. The molecule has 30 heavy (non-hydrogen) atoms. The molecule has 152 valence electrons. The van der Waals surface area contributed by atoms with Crippen LogP contribution in [0.15, 0.2) is 36.4 Å². The van der Waals surface area contributed by atoms with Gasteiger partial charge in [0.15, 0.2) is 5.82 Å². The number of rotatable bonds is 0. The minimum atomic E-state index is -0.0190. The summed E-state index contributed by atoms with van der Waals surface area (Å²) in [5, 5.41) is 3.04. The summed E-state index contributed by atoms with van der Waals surface area (Å²) in [6.07, 6.45) is 5.28. The molecule has 0 spiro atoms. The van der Waals surface area contributed by atoms with Gasteiger partial charge in [-0.15, -0.1) is 0 Å². The van der Waals surface area contributed by atoms with Crippen LogP contribution in [0.5, 0.6) is 0 Å². The highest BCUT2D eigenvalue weighted by Crippen LogP contribution is 2.35. The lowest BCUT2D eigenvalue weighted by Crippen LogP contribution is -2.45. The Balaban J connectivity index is 1.63. The van der Waals surface area contributed by atoms with Gasteiger partial charge in [0.25, 0.3) is 5.91 Å². The number of hydrogen-bond donors (Lipinski definition) is 2. The van der Waals surface area contributed by atoms with Gasteiger partial charge in [0.1, 0.15) is 5.52 Å². The van der Waals surface area contributed by atoms with Gasteiger partial charge in [0.2, 0.25) is 0 Å². The largest absolute Gasteiger partial charge is 0.377 e. The minimum absolute atomic E-state index is 0.0190. The molecule has 6 rings (SSSR count). The summed E-state index contributed by atoms with van der Waals surface area (Å²) < 4.78 is 5.77. The fourth-order valence-electron chi connectivity index (χ4n) is 4.83. The number of hydrogen-bond acceptors (Lipinski definition) is 5. The number of aromatic nitrogens is 3. The number of morpholine rings is 1. The number of carbonyl (C=O) groups is 1. The van der Waals surface area contributed by atoms with Gasteiger partial charge in [0, 0.05) is 36.0 Å². The molecule has 5 heterocycles. The van der Waals surface area contributed by atoms with Crippen molar-refractivity contribution >= 4 is 22.8 Å². The Hall–Kier alpha value is -3.19. The lowest BCUT2D eigenvalue weighted by atomic mass is 9.94. The molecule has 0 aliphatic carbocycles. The topological polar surface area (TPSA) is 83.1 Å². The second-order valence-corrected chi connectivity index (χ2v) is 8.22. The van der Waals surface area contributed by atoms with Gasteiger partial charge in [-0.05, 0) is 25.5 Å². The van der Waals surface area contributed by atoms with E-state index in [1.807, 2.05) is 25.1 Å². The van der Waals surface area contributed by atoms with E-state index in [0.29, 0.717) is 19.8 Å². The van der Waals surface area contributed by atoms with Crippen LogP contribution < -0.4 is 10.2 Å². The Morgan fingerprint density at radius 2 is 2.17 bits per heavy atom. The molecule has 0 saturated carbocycles. The van der Waals surface area contributed by atoms with E-state index in [0.717, 1.165) is 58.0 Å². The second-order valence-electron chi connectivity index (χ2n) is 8.22. The van der Waals surface area contributed by atoms with Crippen molar-refractivity contribution in [2.45, 2.75) is 25.3 Å². The molecule has 3 aromatic rings. The maximum absolute atomic E-state index is 12.5. The van der Waals surface area contributed by atoms with Crippen molar-refractivity contribution in [2.75, 3.05) is 31.2 Å². The van der Waals surface area contributed by atoms with Crippen LogP contribution in [0.3, 0.4) is 0 Å². The minimum Gasteiger partial charge on any atom is -0.377 e. The Kier molecular flexibility index (Phi) is 3.92. The zero-order valence-corrected chi connectivity index (χ0v) is 16.8. The van der Waals surface area contributed by atoms with E-state index in [1.165, 1.54) is 0 Å². The maximum Gasteiger partial charge on any atom is 0.253 e. The van der Waals surface area contributed by atoms with E-state index < -0.39 is 0 Å². The molecule has 3 aliphatic rings. The van der Waals surface area contributed by atoms with Crippen molar-refractivity contribution in [2.24, 2.45) is 0 Å². The standard InChI is InChI=1S/C23H23N5O2/c1-13-22-27-21-16(6-3-7-18(21)25-13)19-10-17-20(26-19)14(11-24-23(17)29)4-2-5-15-12-30-9-8-28(15)22/h2-3,5-7,10,14-15,26H,4,8-9,11-12H2,1H3,(H,24,29)/b5-2-/t14-,15-/m0/s1. The van der Waals surface area contributed by atoms with Crippen LogP contribution in [0.2, 0.25) is 0 Å². The molecule has 1 amide bonds. The first-order valence-corrected chi connectivity index (χ1v) is 10.5. The first-order chi connectivity index (χ1) is 14.7. The SMILES string of the molecule is Cc1nc2cccc3c2nc1N1CCOC[C@@H]1/C=C\C[C@H]1CNC(=O)c2cc-3[nH]c21. The van der Waals surface area contributed by atoms with Crippen LogP contribution in [0.4, 0.5) is 5.82 Å². The Bertz CT molecular complexity index is 1200. The van der Waals surface area contributed by atoms with Crippen molar-refractivity contribution in [1.29, 1.82) is 0 Å². The monoisotopic (exact) mass is 401 g/mol. The summed E-state index contributed by atoms with van der Waals surface area (Å²) in [4.78, 5) is 28.3. The molecule has 2 N–H and O–H groups in total. The van der Waals surface area contributed by atoms with Gasteiger partial charge in [-0.25, -0.2) is 9.97 Å². The van der Waals surface area contributed by atoms with Gasteiger partial charge in [0.05, 0.1) is 36.0 Å². The molecule has 1 aromatic carbocycles. The van der Waals surface area contributed by atoms with E-state index >= 15 is 0 Å². The van der Waals surface area contributed by atoms with Crippen LogP contribution in [0.1, 0.15) is 34.1 Å². The van der Waals surface area contributed by atoms with Crippen LogP contribution in [0, 0.1) is 6.92 Å². The number of H-pyrrole nitrogens is 1. The van der Waals surface area contributed by atoms with E-state index in [1.54, 1.807) is 0 Å². The van der Waals surface area contributed by atoms with Crippen LogP contribution in [-0.4, -0.2) is 53.2 Å². The Labute approximate surface area is 174 Å². The highest BCUT2D eigenvalue weighted by atomic mass is 16.5. The average molecular weight is 401 g/mol. The summed E-state index contributed by atoms with van der Waals surface area (Å²) in [6, 6.07) is 8.12. The van der Waals surface area contributed by atoms with Gasteiger partial charge in [-0.2, -0.15) is 0 Å². The fourth-order valence-corrected chi connectivity index (χ4v) is 4.83. The molecule has 7 heteroatoms. The van der Waals surface area contributed by atoms with E-state index in [4.69, 9.17) is 14.7 Å². The lowest BCUT2D eigenvalue weighted by Gasteiger charge is -2.35. The quantitative estimate of drug-likeness (QED) is 0.566. The van der Waals surface area contributed by atoms with Crippen LogP contribution in [0.25, 0.3) is 22.3 Å². The highest BCUT2D eigenvalue weighted by molar-refractivity contribution is 6.00. The summed E-state index contributed by atoms with van der Waals surface area (Å²) >= 11 is 0. The number of allylic oxidation sites excluding steroid dienone is 1. The van der Waals surface area contributed by atoms with E-state index in [9.17, 15) is 4.79 Å². The third kappa shape index (κ3) is 2.65.